The van der Waals surface area contributed by atoms with Crippen LogP contribution in [0.2, 0.25) is 5.02 Å². The van der Waals surface area contributed by atoms with E-state index in [2.05, 4.69) is 5.32 Å². The predicted octanol–water partition coefficient (Wildman–Crippen LogP) is 2.79. The summed E-state index contributed by atoms with van der Waals surface area (Å²) in [6.07, 6.45) is 0.855. The molecule has 1 aromatic carbocycles. The molecule has 0 aromatic heterocycles. The van der Waals surface area contributed by atoms with E-state index in [0.29, 0.717) is 16.6 Å². The average Bonchev–Trinajstić information content (AvgIpc) is 3.08. The third-order valence-electron chi connectivity index (χ3n) is 3.21. The highest BCUT2D eigenvalue weighted by Gasteiger charge is 2.40. The van der Waals surface area contributed by atoms with Crippen LogP contribution in [0, 0.1) is 18.8 Å². The Morgan fingerprint density at radius 3 is 2.74 bits per heavy atom. The van der Waals surface area contributed by atoms with E-state index < -0.39 is 0 Å². The molecule has 0 spiro atoms. The first-order chi connectivity index (χ1) is 8.97. The smallest absolute Gasteiger partial charge is 0.309 e. The van der Waals surface area contributed by atoms with Crippen LogP contribution in [0.1, 0.15) is 18.9 Å². The molecule has 0 saturated heterocycles. The van der Waals surface area contributed by atoms with Crippen LogP contribution >= 0.6 is 11.6 Å². The lowest BCUT2D eigenvalue weighted by atomic mass is 10.2. The molecular formula is C14H16ClNO3. The summed E-state index contributed by atoms with van der Waals surface area (Å²) < 4.78 is 4.94. The maximum absolute atomic E-state index is 11.6. The number of nitrogens with one attached hydrogen (secondary N) is 1. The minimum atomic E-state index is -0.360. The van der Waals surface area contributed by atoms with Gasteiger partial charge in [-0.3, -0.25) is 9.59 Å². The van der Waals surface area contributed by atoms with E-state index in [0.717, 1.165) is 12.0 Å². The molecule has 0 aliphatic heterocycles. The van der Waals surface area contributed by atoms with Crippen molar-refractivity contribution in [3.63, 3.8) is 0 Å². The Kier molecular flexibility index (Phi) is 4.10. The number of esters is 1. The van der Waals surface area contributed by atoms with Crippen LogP contribution in [0.15, 0.2) is 18.2 Å². The van der Waals surface area contributed by atoms with Crippen LogP contribution in [0.4, 0.5) is 5.69 Å². The third kappa shape index (κ3) is 3.70. The fourth-order valence-corrected chi connectivity index (χ4v) is 1.94. The van der Waals surface area contributed by atoms with Gasteiger partial charge in [0.05, 0.1) is 5.92 Å². The number of benzene rings is 1. The number of carbonyl (C=O) groups is 2. The van der Waals surface area contributed by atoms with Gasteiger partial charge >= 0.3 is 5.97 Å². The van der Waals surface area contributed by atoms with Gasteiger partial charge in [-0.2, -0.15) is 0 Å². The van der Waals surface area contributed by atoms with E-state index >= 15 is 0 Å². The molecule has 0 unspecified atom stereocenters. The molecule has 102 valence electrons. The molecule has 1 amide bonds. The molecule has 2 rings (SSSR count). The molecule has 0 bridgehead atoms. The zero-order valence-corrected chi connectivity index (χ0v) is 11.7. The summed E-state index contributed by atoms with van der Waals surface area (Å²) in [5.74, 6) is -0.292. The topological polar surface area (TPSA) is 55.4 Å². The van der Waals surface area contributed by atoms with Crippen molar-refractivity contribution in [1.29, 1.82) is 0 Å². The van der Waals surface area contributed by atoms with Crippen LogP contribution < -0.4 is 5.32 Å². The fourth-order valence-electron chi connectivity index (χ4n) is 1.76. The Bertz CT molecular complexity index is 515. The zero-order chi connectivity index (χ0) is 14.0. The number of ether oxygens (including phenoxy) is 1. The first kappa shape index (κ1) is 13.9. The minimum Gasteiger partial charge on any atom is -0.455 e. The summed E-state index contributed by atoms with van der Waals surface area (Å²) >= 11 is 5.95. The summed E-state index contributed by atoms with van der Waals surface area (Å²) in [5, 5.41) is 3.22. The Labute approximate surface area is 117 Å². The van der Waals surface area contributed by atoms with Crippen LogP contribution in [-0.4, -0.2) is 18.5 Å². The first-order valence-corrected chi connectivity index (χ1v) is 6.58. The minimum absolute atomic E-state index is 0.0263. The van der Waals surface area contributed by atoms with Crippen LogP contribution in [0.5, 0.6) is 0 Å². The Balaban J connectivity index is 1.80. The number of halogens is 1. The average molecular weight is 282 g/mol. The first-order valence-electron chi connectivity index (χ1n) is 6.20. The number of hydrogen-bond acceptors (Lipinski definition) is 3. The second-order valence-corrected chi connectivity index (χ2v) is 5.35. The number of amides is 1. The van der Waals surface area contributed by atoms with Gasteiger partial charge in [-0.15, -0.1) is 0 Å². The van der Waals surface area contributed by atoms with Crippen molar-refractivity contribution in [2.24, 2.45) is 11.8 Å². The molecule has 1 fully saturated rings. The summed E-state index contributed by atoms with van der Waals surface area (Å²) in [7, 11) is 0. The van der Waals surface area contributed by atoms with E-state index in [1.165, 1.54) is 0 Å². The van der Waals surface area contributed by atoms with Gasteiger partial charge in [-0.05, 0) is 37.0 Å². The summed E-state index contributed by atoms with van der Waals surface area (Å²) in [4.78, 5) is 23.1. The number of rotatable bonds is 4. The van der Waals surface area contributed by atoms with Gasteiger partial charge in [0.2, 0.25) is 0 Å². The van der Waals surface area contributed by atoms with Crippen molar-refractivity contribution < 1.29 is 14.3 Å². The second-order valence-electron chi connectivity index (χ2n) is 4.94. The molecule has 2 atom stereocenters. The molecular weight excluding hydrogens is 266 g/mol. The Morgan fingerprint density at radius 1 is 1.47 bits per heavy atom. The fraction of sp³-hybridized carbons (Fsp3) is 0.429. The quantitative estimate of drug-likeness (QED) is 0.864. The van der Waals surface area contributed by atoms with Gasteiger partial charge < -0.3 is 10.1 Å². The predicted molar refractivity (Wildman–Crippen MR) is 73.0 cm³/mol. The number of hydrogen-bond donors (Lipinski definition) is 1. The lowest BCUT2D eigenvalue weighted by molar-refractivity contribution is -0.148. The maximum atomic E-state index is 11.6. The molecule has 1 aromatic rings. The molecule has 19 heavy (non-hydrogen) atoms. The van der Waals surface area contributed by atoms with Crippen molar-refractivity contribution in [3.8, 4) is 0 Å². The molecule has 4 nitrogen and oxygen atoms in total. The van der Waals surface area contributed by atoms with Crippen molar-refractivity contribution in [2.75, 3.05) is 11.9 Å². The standard InChI is InChI=1S/C14H16ClNO3/c1-8-3-4-10(6-12(8)15)16-13(17)7-19-14(18)11-5-9(11)2/h3-4,6,9,11H,5,7H2,1-2H3,(H,16,17)/t9-,11+/m1/s1. The second kappa shape index (κ2) is 5.61. The normalized spacial score (nSPS) is 20.8. The van der Waals surface area contributed by atoms with Crippen molar-refractivity contribution in [3.05, 3.63) is 28.8 Å². The lowest BCUT2D eigenvalue weighted by Gasteiger charge is -2.07. The SMILES string of the molecule is Cc1ccc(NC(=O)COC(=O)[C@H]2C[C@H]2C)cc1Cl. The van der Waals surface area contributed by atoms with E-state index in [1.807, 2.05) is 19.9 Å². The van der Waals surface area contributed by atoms with Crippen molar-refractivity contribution >= 4 is 29.2 Å². The monoisotopic (exact) mass is 281 g/mol. The van der Waals surface area contributed by atoms with E-state index in [1.54, 1.807) is 12.1 Å². The third-order valence-corrected chi connectivity index (χ3v) is 3.62. The molecule has 1 aliphatic rings. The highest BCUT2D eigenvalue weighted by Crippen LogP contribution is 2.38. The molecule has 0 heterocycles. The van der Waals surface area contributed by atoms with Crippen LogP contribution in [-0.2, 0) is 14.3 Å². The summed E-state index contributed by atoms with van der Waals surface area (Å²) in [6, 6.07) is 5.24. The van der Waals surface area contributed by atoms with E-state index in [9.17, 15) is 9.59 Å². The van der Waals surface area contributed by atoms with Crippen LogP contribution in [0.25, 0.3) is 0 Å². The molecule has 5 heteroatoms. The van der Waals surface area contributed by atoms with Gasteiger partial charge in [0.15, 0.2) is 6.61 Å². The largest absolute Gasteiger partial charge is 0.455 e. The molecule has 1 N–H and O–H groups in total. The maximum Gasteiger partial charge on any atom is 0.309 e. The number of carbonyl (C=O) groups excluding carboxylic acids is 2. The number of aryl methyl sites for hydroxylation is 1. The molecule has 0 radical (unpaired) electrons. The van der Waals surface area contributed by atoms with E-state index in [4.69, 9.17) is 16.3 Å². The van der Waals surface area contributed by atoms with Crippen molar-refractivity contribution in [2.45, 2.75) is 20.3 Å². The summed E-state index contributed by atoms with van der Waals surface area (Å²) in [6.45, 7) is 3.61. The van der Waals surface area contributed by atoms with Crippen LogP contribution in [0.3, 0.4) is 0 Å². The number of anilines is 1. The van der Waals surface area contributed by atoms with Crippen molar-refractivity contribution in [1.82, 2.24) is 0 Å². The Morgan fingerprint density at radius 2 is 2.16 bits per heavy atom. The highest BCUT2D eigenvalue weighted by atomic mass is 35.5. The summed E-state index contributed by atoms with van der Waals surface area (Å²) in [5.41, 5.74) is 1.53. The molecule has 1 saturated carbocycles. The van der Waals surface area contributed by atoms with Gasteiger partial charge in [0, 0.05) is 10.7 Å². The van der Waals surface area contributed by atoms with E-state index in [-0.39, 0.29) is 24.4 Å². The van der Waals surface area contributed by atoms with Gasteiger partial charge in [0.1, 0.15) is 0 Å². The van der Waals surface area contributed by atoms with Gasteiger partial charge in [0.25, 0.3) is 5.91 Å². The van der Waals surface area contributed by atoms with Gasteiger partial charge in [-0.1, -0.05) is 24.6 Å². The zero-order valence-electron chi connectivity index (χ0n) is 10.9. The lowest BCUT2D eigenvalue weighted by Crippen LogP contribution is -2.21. The van der Waals surface area contributed by atoms with Gasteiger partial charge in [-0.25, -0.2) is 0 Å². The Hall–Kier alpha value is -1.55. The highest BCUT2D eigenvalue weighted by molar-refractivity contribution is 6.31. The molecule has 1 aliphatic carbocycles.